The van der Waals surface area contributed by atoms with Crippen molar-refractivity contribution in [2.75, 3.05) is 13.6 Å². The van der Waals surface area contributed by atoms with E-state index in [2.05, 4.69) is 11.9 Å². The summed E-state index contributed by atoms with van der Waals surface area (Å²) >= 11 is 0. The van der Waals surface area contributed by atoms with E-state index in [0.29, 0.717) is 6.42 Å². The van der Waals surface area contributed by atoms with E-state index in [1.165, 1.54) is 5.56 Å². The van der Waals surface area contributed by atoms with E-state index < -0.39 is 0 Å². The molecule has 0 aromatic carbocycles. The predicted molar refractivity (Wildman–Crippen MR) is 65.1 cm³/mol. The zero-order valence-corrected chi connectivity index (χ0v) is 10.1. The molecular formula is C13H20N2O. The second kappa shape index (κ2) is 6.99. The Hall–Kier alpha value is -1.38. The van der Waals surface area contributed by atoms with Gasteiger partial charge in [-0.05, 0) is 30.5 Å². The molecule has 0 saturated carbocycles. The first-order valence-corrected chi connectivity index (χ1v) is 5.87. The van der Waals surface area contributed by atoms with Crippen molar-refractivity contribution in [3.8, 4) is 0 Å². The lowest BCUT2D eigenvalue weighted by atomic mass is 10.2. The van der Waals surface area contributed by atoms with Gasteiger partial charge in [-0.1, -0.05) is 13.3 Å². The number of amides is 1. The number of pyridine rings is 1. The minimum absolute atomic E-state index is 0.246. The van der Waals surface area contributed by atoms with Gasteiger partial charge in [-0.3, -0.25) is 9.78 Å². The highest BCUT2D eigenvalue weighted by Gasteiger charge is 2.07. The zero-order chi connectivity index (χ0) is 11.8. The summed E-state index contributed by atoms with van der Waals surface area (Å²) in [7, 11) is 1.87. The van der Waals surface area contributed by atoms with Crippen molar-refractivity contribution in [1.29, 1.82) is 0 Å². The van der Waals surface area contributed by atoms with Gasteiger partial charge in [-0.2, -0.15) is 0 Å². The summed E-state index contributed by atoms with van der Waals surface area (Å²) < 4.78 is 0. The number of carbonyl (C=O) groups excluding carboxylic acids is 1. The molecule has 1 amide bonds. The Labute approximate surface area is 97.5 Å². The van der Waals surface area contributed by atoms with Crippen molar-refractivity contribution in [2.45, 2.75) is 32.6 Å². The van der Waals surface area contributed by atoms with E-state index in [0.717, 1.165) is 25.8 Å². The SMILES string of the molecule is CCCCC(=O)N(C)CCc1ccncc1. The molecular weight excluding hydrogens is 200 g/mol. The van der Waals surface area contributed by atoms with Crippen molar-refractivity contribution in [3.05, 3.63) is 30.1 Å². The molecule has 0 saturated heterocycles. The average Bonchev–Trinajstić information content (AvgIpc) is 2.34. The number of likely N-dealkylation sites (N-methyl/N-ethyl adjacent to an activating group) is 1. The highest BCUT2D eigenvalue weighted by atomic mass is 16.2. The fourth-order valence-electron chi connectivity index (χ4n) is 1.49. The van der Waals surface area contributed by atoms with Crippen LogP contribution in [0, 0.1) is 0 Å². The molecule has 0 atom stereocenters. The normalized spacial score (nSPS) is 10.1. The lowest BCUT2D eigenvalue weighted by Crippen LogP contribution is -2.28. The minimum atomic E-state index is 0.246. The Balaban J connectivity index is 2.29. The third-order valence-electron chi connectivity index (χ3n) is 2.66. The topological polar surface area (TPSA) is 33.2 Å². The Kier molecular flexibility index (Phi) is 5.54. The van der Waals surface area contributed by atoms with Gasteiger partial charge in [-0.15, -0.1) is 0 Å². The van der Waals surface area contributed by atoms with Crippen LogP contribution in [0.4, 0.5) is 0 Å². The molecule has 88 valence electrons. The smallest absolute Gasteiger partial charge is 0.222 e. The molecule has 0 spiro atoms. The van der Waals surface area contributed by atoms with Crippen LogP contribution in [0.2, 0.25) is 0 Å². The second-order valence-corrected chi connectivity index (χ2v) is 4.02. The van der Waals surface area contributed by atoms with Crippen LogP contribution in [0.3, 0.4) is 0 Å². The summed E-state index contributed by atoms with van der Waals surface area (Å²) in [5.74, 6) is 0.246. The maximum atomic E-state index is 11.6. The second-order valence-electron chi connectivity index (χ2n) is 4.02. The number of hydrogen-bond donors (Lipinski definition) is 0. The molecule has 1 aromatic heterocycles. The fourth-order valence-corrected chi connectivity index (χ4v) is 1.49. The van der Waals surface area contributed by atoms with Crippen LogP contribution < -0.4 is 0 Å². The largest absolute Gasteiger partial charge is 0.345 e. The van der Waals surface area contributed by atoms with Crippen molar-refractivity contribution >= 4 is 5.91 Å². The van der Waals surface area contributed by atoms with Crippen LogP contribution >= 0.6 is 0 Å². The van der Waals surface area contributed by atoms with E-state index in [1.54, 1.807) is 12.4 Å². The lowest BCUT2D eigenvalue weighted by Gasteiger charge is -2.16. The summed E-state index contributed by atoms with van der Waals surface area (Å²) in [5.41, 5.74) is 1.23. The Bertz CT molecular complexity index is 311. The Morgan fingerprint density at radius 2 is 2.06 bits per heavy atom. The highest BCUT2D eigenvalue weighted by Crippen LogP contribution is 2.02. The zero-order valence-electron chi connectivity index (χ0n) is 10.1. The molecule has 0 fully saturated rings. The molecule has 0 bridgehead atoms. The molecule has 1 aromatic rings. The van der Waals surface area contributed by atoms with Gasteiger partial charge in [0, 0.05) is 32.4 Å². The minimum Gasteiger partial charge on any atom is -0.345 e. The molecule has 0 radical (unpaired) electrons. The molecule has 0 aliphatic rings. The van der Waals surface area contributed by atoms with Crippen molar-refractivity contribution in [2.24, 2.45) is 0 Å². The van der Waals surface area contributed by atoms with Crippen LogP contribution in [0.15, 0.2) is 24.5 Å². The van der Waals surface area contributed by atoms with Gasteiger partial charge in [0.2, 0.25) is 5.91 Å². The summed E-state index contributed by atoms with van der Waals surface area (Å²) in [5, 5.41) is 0. The summed E-state index contributed by atoms with van der Waals surface area (Å²) in [4.78, 5) is 17.4. The van der Waals surface area contributed by atoms with Crippen LogP contribution in [-0.4, -0.2) is 29.4 Å². The molecule has 0 N–H and O–H groups in total. The first kappa shape index (κ1) is 12.7. The monoisotopic (exact) mass is 220 g/mol. The maximum absolute atomic E-state index is 11.6. The standard InChI is InChI=1S/C13H20N2O/c1-3-4-5-13(16)15(2)11-8-12-6-9-14-10-7-12/h6-7,9-10H,3-5,8,11H2,1-2H3. The first-order valence-electron chi connectivity index (χ1n) is 5.87. The molecule has 0 aliphatic carbocycles. The van der Waals surface area contributed by atoms with E-state index in [-0.39, 0.29) is 5.91 Å². The van der Waals surface area contributed by atoms with Gasteiger partial charge in [0.25, 0.3) is 0 Å². The van der Waals surface area contributed by atoms with E-state index >= 15 is 0 Å². The number of aromatic nitrogens is 1. The molecule has 1 heterocycles. The van der Waals surface area contributed by atoms with Crippen molar-refractivity contribution in [3.63, 3.8) is 0 Å². The highest BCUT2D eigenvalue weighted by molar-refractivity contribution is 5.75. The van der Waals surface area contributed by atoms with Gasteiger partial charge in [0.15, 0.2) is 0 Å². The quantitative estimate of drug-likeness (QED) is 0.737. The third kappa shape index (κ3) is 4.43. The molecule has 0 aliphatic heterocycles. The molecule has 3 heteroatoms. The van der Waals surface area contributed by atoms with Gasteiger partial charge >= 0.3 is 0 Å². The van der Waals surface area contributed by atoms with Gasteiger partial charge in [0.05, 0.1) is 0 Å². The Morgan fingerprint density at radius 3 is 2.69 bits per heavy atom. The number of unbranched alkanes of at least 4 members (excludes halogenated alkanes) is 1. The fraction of sp³-hybridized carbons (Fsp3) is 0.538. The van der Waals surface area contributed by atoms with Crippen LogP contribution in [0.25, 0.3) is 0 Å². The number of carbonyl (C=O) groups is 1. The van der Waals surface area contributed by atoms with Gasteiger partial charge in [0.1, 0.15) is 0 Å². The molecule has 0 unspecified atom stereocenters. The van der Waals surface area contributed by atoms with Gasteiger partial charge < -0.3 is 4.90 Å². The number of hydrogen-bond acceptors (Lipinski definition) is 2. The maximum Gasteiger partial charge on any atom is 0.222 e. The molecule has 3 nitrogen and oxygen atoms in total. The molecule has 16 heavy (non-hydrogen) atoms. The average molecular weight is 220 g/mol. The van der Waals surface area contributed by atoms with Gasteiger partial charge in [-0.25, -0.2) is 0 Å². The summed E-state index contributed by atoms with van der Waals surface area (Å²) in [6.45, 7) is 2.89. The lowest BCUT2D eigenvalue weighted by molar-refractivity contribution is -0.129. The summed E-state index contributed by atoms with van der Waals surface area (Å²) in [6.07, 6.45) is 7.20. The third-order valence-corrected chi connectivity index (χ3v) is 2.66. The van der Waals surface area contributed by atoms with E-state index in [4.69, 9.17) is 0 Å². The van der Waals surface area contributed by atoms with Crippen molar-refractivity contribution in [1.82, 2.24) is 9.88 Å². The summed E-state index contributed by atoms with van der Waals surface area (Å²) in [6, 6.07) is 3.98. The Morgan fingerprint density at radius 1 is 1.38 bits per heavy atom. The van der Waals surface area contributed by atoms with Crippen molar-refractivity contribution < 1.29 is 4.79 Å². The molecule has 1 rings (SSSR count). The first-order chi connectivity index (χ1) is 7.74. The number of nitrogens with zero attached hydrogens (tertiary/aromatic N) is 2. The van der Waals surface area contributed by atoms with Crippen LogP contribution in [0.1, 0.15) is 31.7 Å². The van der Waals surface area contributed by atoms with Crippen LogP contribution in [0.5, 0.6) is 0 Å². The van der Waals surface area contributed by atoms with E-state index in [9.17, 15) is 4.79 Å². The predicted octanol–water partition coefficient (Wildman–Crippen LogP) is 2.27. The van der Waals surface area contributed by atoms with E-state index in [1.807, 2.05) is 24.1 Å². The van der Waals surface area contributed by atoms with Crippen LogP contribution in [-0.2, 0) is 11.2 Å². The number of rotatable bonds is 6.